The van der Waals surface area contributed by atoms with Gasteiger partial charge in [-0.15, -0.1) is 0 Å². The van der Waals surface area contributed by atoms with E-state index in [2.05, 4.69) is 5.32 Å². The fraction of sp³-hybridized carbons (Fsp3) is 0.500. The van der Waals surface area contributed by atoms with Crippen LogP contribution in [0.1, 0.15) is 39.2 Å². The van der Waals surface area contributed by atoms with E-state index < -0.39 is 11.7 Å². The van der Waals surface area contributed by atoms with Gasteiger partial charge in [-0.05, 0) is 32.8 Å². The van der Waals surface area contributed by atoms with Gasteiger partial charge >= 0.3 is 12.1 Å². The minimum Gasteiger partial charge on any atom is -0.460 e. The SMILES string of the molecule is CC(C)(C)OC(=O)CCCNC(=O)OCc1ccccc1. The van der Waals surface area contributed by atoms with Gasteiger partial charge in [0.2, 0.25) is 0 Å². The zero-order chi connectivity index (χ0) is 15.7. The molecule has 0 heterocycles. The number of amides is 1. The highest BCUT2D eigenvalue weighted by Crippen LogP contribution is 2.08. The number of hydrogen-bond acceptors (Lipinski definition) is 4. The van der Waals surface area contributed by atoms with Crippen LogP contribution in [0.5, 0.6) is 0 Å². The van der Waals surface area contributed by atoms with Crippen LogP contribution in [0.15, 0.2) is 30.3 Å². The van der Waals surface area contributed by atoms with Gasteiger partial charge in [-0.3, -0.25) is 4.79 Å². The van der Waals surface area contributed by atoms with Crippen LogP contribution in [0.3, 0.4) is 0 Å². The molecule has 21 heavy (non-hydrogen) atoms. The summed E-state index contributed by atoms with van der Waals surface area (Å²) >= 11 is 0. The molecule has 0 atom stereocenters. The largest absolute Gasteiger partial charge is 0.460 e. The monoisotopic (exact) mass is 293 g/mol. The highest BCUT2D eigenvalue weighted by Gasteiger charge is 2.15. The second-order valence-electron chi connectivity index (χ2n) is 5.68. The third-order valence-electron chi connectivity index (χ3n) is 2.46. The van der Waals surface area contributed by atoms with E-state index in [-0.39, 0.29) is 19.0 Å². The third kappa shape index (κ3) is 8.68. The highest BCUT2D eigenvalue weighted by atomic mass is 16.6. The number of ether oxygens (including phenoxy) is 2. The maximum atomic E-state index is 11.4. The summed E-state index contributed by atoms with van der Waals surface area (Å²) in [5.74, 6) is -0.262. The van der Waals surface area contributed by atoms with Crippen LogP contribution in [-0.2, 0) is 20.9 Å². The van der Waals surface area contributed by atoms with Crippen molar-refractivity contribution in [3.05, 3.63) is 35.9 Å². The van der Waals surface area contributed by atoms with Crippen molar-refractivity contribution in [2.75, 3.05) is 6.54 Å². The van der Waals surface area contributed by atoms with E-state index in [1.165, 1.54) is 0 Å². The van der Waals surface area contributed by atoms with Crippen molar-refractivity contribution in [3.63, 3.8) is 0 Å². The van der Waals surface area contributed by atoms with Crippen molar-refractivity contribution in [3.8, 4) is 0 Å². The summed E-state index contributed by atoms with van der Waals surface area (Å²) in [6.07, 6.45) is 0.314. The first-order valence-electron chi connectivity index (χ1n) is 7.03. The van der Waals surface area contributed by atoms with Crippen LogP contribution in [0.4, 0.5) is 4.79 Å². The van der Waals surface area contributed by atoms with Crippen LogP contribution >= 0.6 is 0 Å². The molecule has 0 aliphatic rings. The van der Waals surface area contributed by atoms with Gasteiger partial charge in [-0.25, -0.2) is 4.79 Å². The second-order valence-corrected chi connectivity index (χ2v) is 5.68. The van der Waals surface area contributed by atoms with Crippen LogP contribution in [0.2, 0.25) is 0 Å². The first kappa shape index (κ1) is 17.0. The zero-order valence-electron chi connectivity index (χ0n) is 12.8. The summed E-state index contributed by atoms with van der Waals surface area (Å²) in [4.78, 5) is 22.9. The van der Waals surface area contributed by atoms with E-state index in [0.29, 0.717) is 13.0 Å². The number of alkyl carbamates (subject to hydrolysis) is 1. The Bertz CT molecular complexity index is 451. The Morgan fingerprint density at radius 2 is 1.81 bits per heavy atom. The normalized spacial score (nSPS) is 10.8. The van der Waals surface area contributed by atoms with Crippen molar-refractivity contribution in [1.82, 2.24) is 5.32 Å². The van der Waals surface area contributed by atoms with E-state index in [0.717, 1.165) is 5.56 Å². The number of carbonyl (C=O) groups is 2. The molecule has 1 aromatic carbocycles. The van der Waals surface area contributed by atoms with E-state index >= 15 is 0 Å². The molecule has 0 saturated carbocycles. The second kappa shape index (κ2) is 8.29. The molecule has 0 fully saturated rings. The molecule has 5 nitrogen and oxygen atoms in total. The molecule has 1 rings (SSSR count). The number of rotatable bonds is 6. The van der Waals surface area contributed by atoms with Crippen molar-refractivity contribution < 1.29 is 19.1 Å². The van der Waals surface area contributed by atoms with Crippen LogP contribution in [-0.4, -0.2) is 24.2 Å². The predicted octanol–water partition coefficient (Wildman–Crippen LogP) is 3.03. The van der Waals surface area contributed by atoms with Crippen LogP contribution in [0.25, 0.3) is 0 Å². The van der Waals surface area contributed by atoms with Gasteiger partial charge in [0.25, 0.3) is 0 Å². The number of esters is 1. The lowest BCUT2D eigenvalue weighted by Crippen LogP contribution is -2.27. The fourth-order valence-electron chi connectivity index (χ4n) is 1.59. The molecule has 0 aromatic heterocycles. The molecule has 0 aliphatic heterocycles. The maximum absolute atomic E-state index is 11.4. The summed E-state index contributed by atoms with van der Waals surface area (Å²) in [6.45, 7) is 6.09. The fourth-order valence-corrected chi connectivity index (χ4v) is 1.59. The third-order valence-corrected chi connectivity index (χ3v) is 2.46. The lowest BCUT2D eigenvalue weighted by Gasteiger charge is -2.19. The molecule has 1 amide bonds. The molecule has 0 aliphatic carbocycles. The Morgan fingerprint density at radius 1 is 1.14 bits per heavy atom. The lowest BCUT2D eigenvalue weighted by atomic mass is 10.2. The molecule has 1 aromatic rings. The van der Waals surface area contributed by atoms with Gasteiger partial charge in [0.15, 0.2) is 0 Å². The molecule has 0 bridgehead atoms. The van der Waals surface area contributed by atoms with E-state index in [1.54, 1.807) is 0 Å². The Balaban J connectivity index is 2.10. The highest BCUT2D eigenvalue weighted by molar-refractivity contribution is 5.70. The number of hydrogen-bond donors (Lipinski definition) is 1. The topological polar surface area (TPSA) is 64.6 Å². The first-order valence-corrected chi connectivity index (χ1v) is 7.03. The summed E-state index contributed by atoms with van der Waals surface area (Å²) in [5.41, 5.74) is 0.459. The molecule has 5 heteroatoms. The Kier molecular flexibility index (Phi) is 6.72. The number of carbonyl (C=O) groups excluding carboxylic acids is 2. The van der Waals surface area contributed by atoms with Gasteiger partial charge in [0, 0.05) is 13.0 Å². The molecule has 0 saturated heterocycles. The van der Waals surface area contributed by atoms with E-state index in [4.69, 9.17) is 9.47 Å². The Labute approximate surface area is 125 Å². The quantitative estimate of drug-likeness (QED) is 0.647. The molecule has 1 N–H and O–H groups in total. The summed E-state index contributed by atoms with van der Waals surface area (Å²) < 4.78 is 10.2. The number of nitrogens with one attached hydrogen (secondary N) is 1. The molecule has 0 spiro atoms. The Morgan fingerprint density at radius 3 is 2.43 bits per heavy atom. The average Bonchev–Trinajstić information content (AvgIpc) is 2.40. The van der Waals surface area contributed by atoms with Gasteiger partial charge in [-0.2, -0.15) is 0 Å². The van der Waals surface area contributed by atoms with Crippen LogP contribution in [0, 0.1) is 0 Å². The number of benzene rings is 1. The van der Waals surface area contributed by atoms with Gasteiger partial charge in [0.1, 0.15) is 12.2 Å². The molecule has 116 valence electrons. The molecular formula is C16H23NO4. The minimum absolute atomic E-state index is 0.235. The molecule has 0 unspecified atom stereocenters. The smallest absolute Gasteiger partial charge is 0.407 e. The van der Waals surface area contributed by atoms with Gasteiger partial charge < -0.3 is 14.8 Å². The van der Waals surface area contributed by atoms with Gasteiger partial charge in [0.05, 0.1) is 0 Å². The lowest BCUT2D eigenvalue weighted by molar-refractivity contribution is -0.154. The predicted molar refractivity (Wildman–Crippen MR) is 79.7 cm³/mol. The van der Waals surface area contributed by atoms with Crippen molar-refractivity contribution in [2.45, 2.75) is 45.8 Å². The van der Waals surface area contributed by atoms with E-state index in [9.17, 15) is 9.59 Å². The summed E-state index contributed by atoms with van der Waals surface area (Å²) in [7, 11) is 0. The minimum atomic E-state index is -0.483. The zero-order valence-corrected chi connectivity index (χ0v) is 12.8. The standard InChI is InChI=1S/C16H23NO4/c1-16(2,3)21-14(18)10-7-11-17-15(19)20-12-13-8-5-4-6-9-13/h4-6,8-9H,7,10-12H2,1-3H3,(H,17,19). The van der Waals surface area contributed by atoms with E-state index in [1.807, 2.05) is 51.1 Å². The van der Waals surface area contributed by atoms with Crippen molar-refractivity contribution >= 4 is 12.1 Å². The molecular weight excluding hydrogens is 270 g/mol. The van der Waals surface area contributed by atoms with Gasteiger partial charge in [-0.1, -0.05) is 30.3 Å². The average molecular weight is 293 g/mol. The molecule has 0 radical (unpaired) electrons. The van der Waals surface area contributed by atoms with Crippen molar-refractivity contribution in [1.29, 1.82) is 0 Å². The van der Waals surface area contributed by atoms with Crippen LogP contribution < -0.4 is 5.32 Å². The first-order chi connectivity index (χ1) is 9.87. The summed E-state index contributed by atoms with van der Waals surface area (Å²) in [6, 6.07) is 9.45. The Hall–Kier alpha value is -2.04. The van der Waals surface area contributed by atoms with Crippen molar-refractivity contribution in [2.24, 2.45) is 0 Å². The maximum Gasteiger partial charge on any atom is 0.407 e. The summed E-state index contributed by atoms with van der Waals surface area (Å²) in [5, 5.41) is 2.60.